The fourth-order valence-corrected chi connectivity index (χ4v) is 9.57. The molecular formula is C25H38O5. The van der Waals surface area contributed by atoms with Crippen LogP contribution in [-0.4, -0.2) is 36.9 Å². The Kier molecular flexibility index (Phi) is 4.15. The van der Waals surface area contributed by atoms with E-state index in [0.29, 0.717) is 28.6 Å². The lowest BCUT2D eigenvalue weighted by Crippen LogP contribution is -2.55. The quantitative estimate of drug-likeness (QED) is 0.481. The van der Waals surface area contributed by atoms with Gasteiger partial charge in [-0.25, -0.2) is 0 Å². The molecule has 5 nitrogen and oxygen atoms in total. The summed E-state index contributed by atoms with van der Waals surface area (Å²) in [7, 11) is 0. The van der Waals surface area contributed by atoms with Crippen molar-refractivity contribution in [3.63, 3.8) is 0 Å². The molecule has 0 aromatic heterocycles. The van der Waals surface area contributed by atoms with Gasteiger partial charge in [-0.15, -0.1) is 0 Å². The number of carbonyl (C=O) groups excluding carboxylic acids is 1. The minimum Gasteiger partial charge on any atom is -0.430 e. The van der Waals surface area contributed by atoms with Gasteiger partial charge in [-0.3, -0.25) is 4.79 Å². The predicted molar refractivity (Wildman–Crippen MR) is 110 cm³/mol. The van der Waals surface area contributed by atoms with Gasteiger partial charge in [0.2, 0.25) is 5.79 Å². The molecule has 0 bridgehead atoms. The number of epoxide rings is 1. The highest BCUT2D eigenvalue weighted by molar-refractivity contribution is 5.66. The fourth-order valence-electron chi connectivity index (χ4n) is 9.57. The Morgan fingerprint density at radius 2 is 1.77 bits per heavy atom. The molecule has 0 N–H and O–H groups in total. The summed E-state index contributed by atoms with van der Waals surface area (Å²) in [6, 6.07) is 0. The molecule has 0 amide bonds. The van der Waals surface area contributed by atoms with Crippen molar-refractivity contribution in [3.05, 3.63) is 0 Å². The first-order chi connectivity index (χ1) is 14.3. The summed E-state index contributed by atoms with van der Waals surface area (Å²) in [5, 5.41) is 0. The number of fused-ring (bicyclic) bond motifs is 6. The first-order valence-corrected chi connectivity index (χ1v) is 12.4. The Balaban J connectivity index is 1.28. The van der Waals surface area contributed by atoms with Crippen LogP contribution in [0.5, 0.6) is 0 Å². The molecule has 0 radical (unpaired) electrons. The summed E-state index contributed by atoms with van der Waals surface area (Å²) in [6.07, 6.45) is 9.39. The summed E-state index contributed by atoms with van der Waals surface area (Å²) >= 11 is 0. The highest BCUT2D eigenvalue weighted by Gasteiger charge is 2.72. The molecule has 2 heterocycles. The summed E-state index contributed by atoms with van der Waals surface area (Å²) in [5.74, 6) is 2.17. The molecule has 1 spiro atoms. The van der Waals surface area contributed by atoms with E-state index >= 15 is 0 Å². The second kappa shape index (κ2) is 6.23. The minimum atomic E-state index is -0.595. The van der Waals surface area contributed by atoms with Crippen molar-refractivity contribution in [1.29, 1.82) is 0 Å². The van der Waals surface area contributed by atoms with Gasteiger partial charge in [-0.05, 0) is 73.0 Å². The van der Waals surface area contributed by atoms with Gasteiger partial charge in [-0.1, -0.05) is 20.8 Å². The van der Waals surface area contributed by atoms with E-state index in [-0.39, 0.29) is 17.9 Å². The highest BCUT2D eigenvalue weighted by atomic mass is 16.8. The second-order valence-corrected chi connectivity index (χ2v) is 11.8. The van der Waals surface area contributed by atoms with E-state index in [1.807, 2.05) is 0 Å². The van der Waals surface area contributed by atoms with Crippen LogP contribution in [0.15, 0.2) is 0 Å². The van der Waals surface area contributed by atoms with Crippen molar-refractivity contribution in [1.82, 2.24) is 0 Å². The van der Waals surface area contributed by atoms with Crippen LogP contribution in [0.1, 0.15) is 79.1 Å². The van der Waals surface area contributed by atoms with Crippen LogP contribution in [0, 0.1) is 40.4 Å². The smallest absolute Gasteiger partial charge is 0.305 e. The zero-order chi connectivity index (χ0) is 20.9. The standard InChI is InChI=1S/C25H38O5/c1-5-20-22(3)9-8-18-17(19(22)13-24(20)27-10-11-28-24)7-6-16-12-25(29-15(2)26)21(30-25)14-23(16,18)4/h16-21H,5-14H2,1-4H3/t16?,17-,18+,19+,20-,21-,22+,23+,25+/m1/s1. The lowest BCUT2D eigenvalue weighted by atomic mass is 9.44. The fraction of sp³-hybridized carbons (Fsp3) is 0.960. The van der Waals surface area contributed by atoms with Crippen molar-refractivity contribution < 1.29 is 23.7 Å². The van der Waals surface area contributed by atoms with Crippen LogP contribution < -0.4 is 0 Å². The molecule has 6 aliphatic rings. The molecule has 4 aliphatic carbocycles. The predicted octanol–water partition coefficient (Wildman–Crippen LogP) is 4.68. The lowest BCUT2D eigenvalue weighted by Gasteiger charge is -2.60. The monoisotopic (exact) mass is 418 g/mol. The van der Waals surface area contributed by atoms with E-state index in [1.165, 1.54) is 32.6 Å². The van der Waals surface area contributed by atoms with Crippen LogP contribution in [0.25, 0.3) is 0 Å². The number of carbonyl (C=O) groups is 1. The molecule has 6 fully saturated rings. The zero-order valence-electron chi connectivity index (χ0n) is 19.1. The number of hydrogen-bond acceptors (Lipinski definition) is 5. The molecule has 0 aromatic carbocycles. The van der Waals surface area contributed by atoms with Crippen LogP contribution in [0.3, 0.4) is 0 Å². The van der Waals surface area contributed by atoms with Crippen molar-refractivity contribution in [2.75, 3.05) is 13.2 Å². The van der Waals surface area contributed by atoms with Gasteiger partial charge in [0.25, 0.3) is 0 Å². The van der Waals surface area contributed by atoms with Crippen molar-refractivity contribution in [2.24, 2.45) is 40.4 Å². The average Bonchev–Trinajstić information content (AvgIpc) is 3.04. The van der Waals surface area contributed by atoms with Gasteiger partial charge in [0, 0.05) is 25.7 Å². The van der Waals surface area contributed by atoms with Gasteiger partial charge in [-0.2, -0.15) is 0 Å². The Bertz CT molecular complexity index is 746. The average molecular weight is 419 g/mol. The Labute approximate surface area is 180 Å². The summed E-state index contributed by atoms with van der Waals surface area (Å²) < 4.78 is 24.4. The second-order valence-electron chi connectivity index (χ2n) is 11.8. The normalized spacial score (nSPS) is 55.3. The van der Waals surface area contributed by atoms with Crippen LogP contribution in [0.4, 0.5) is 0 Å². The van der Waals surface area contributed by atoms with E-state index in [1.54, 1.807) is 0 Å². The minimum absolute atomic E-state index is 0.106. The molecule has 0 aromatic rings. The summed E-state index contributed by atoms with van der Waals surface area (Å²) in [6.45, 7) is 10.4. The third-order valence-corrected chi connectivity index (χ3v) is 10.8. The summed E-state index contributed by atoms with van der Waals surface area (Å²) in [4.78, 5) is 11.6. The van der Waals surface area contributed by atoms with Gasteiger partial charge in [0.1, 0.15) is 6.10 Å². The Morgan fingerprint density at radius 1 is 1.00 bits per heavy atom. The molecule has 6 rings (SSSR count). The SMILES string of the molecule is CC[C@H]1C2(C[C@H]3[C@@H]4CCC5C[C@]6(OC(C)=O)O[C@@H]6C[C@]5(C)[C@H]4CC[C@@]31C)OCCO2. The largest absolute Gasteiger partial charge is 0.430 e. The van der Waals surface area contributed by atoms with Gasteiger partial charge in [0.05, 0.1) is 13.2 Å². The van der Waals surface area contributed by atoms with Crippen LogP contribution in [-0.2, 0) is 23.7 Å². The van der Waals surface area contributed by atoms with E-state index < -0.39 is 5.79 Å². The molecular weight excluding hydrogens is 380 g/mol. The maximum absolute atomic E-state index is 11.6. The molecule has 1 unspecified atom stereocenters. The third-order valence-electron chi connectivity index (χ3n) is 10.8. The maximum atomic E-state index is 11.6. The van der Waals surface area contributed by atoms with Gasteiger partial charge >= 0.3 is 5.97 Å². The van der Waals surface area contributed by atoms with E-state index in [0.717, 1.165) is 50.7 Å². The van der Waals surface area contributed by atoms with Gasteiger partial charge < -0.3 is 18.9 Å². The Morgan fingerprint density at radius 3 is 2.47 bits per heavy atom. The first kappa shape index (κ1) is 20.0. The lowest BCUT2D eigenvalue weighted by molar-refractivity contribution is -0.194. The Hall–Kier alpha value is -0.650. The van der Waals surface area contributed by atoms with E-state index in [2.05, 4.69) is 20.8 Å². The van der Waals surface area contributed by atoms with Crippen molar-refractivity contribution in [2.45, 2.75) is 96.7 Å². The highest BCUT2D eigenvalue weighted by Crippen LogP contribution is 2.72. The number of hydrogen-bond donors (Lipinski definition) is 0. The van der Waals surface area contributed by atoms with Crippen molar-refractivity contribution in [3.8, 4) is 0 Å². The molecule has 2 saturated heterocycles. The number of ether oxygens (including phenoxy) is 4. The molecule has 9 atom stereocenters. The molecule has 168 valence electrons. The molecule has 5 heteroatoms. The first-order valence-electron chi connectivity index (χ1n) is 12.4. The maximum Gasteiger partial charge on any atom is 0.305 e. The van der Waals surface area contributed by atoms with Gasteiger partial charge in [0.15, 0.2) is 5.79 Å². The number of esters is 1. The zero-order valence-corrected chi connectivity index (χ0v) is 19.1. The van der Waals surface area contributed by atoms with Crippen LogP contribution >= 0.6 is 0 Å². The van der Waals surface area contributed by atoms with E-state index in [4.69, 9.17) is 18.9 Å². The number of rotatable bonds is 2. The third kappa shape index (κ3) is 2.43. The van der Waals surface area contributed by atoms with Crippen LogP contribution in [0.2, 0.25) is 0 Å². The topological polar surface area (TPSA) is 57.3 Å². The van der Waals surface area contributed by atoms with Crippen molar-refractivity contribution >= 4 is 5.97 Å². The molecule has 4 saturated carbocycles. The van der Waals surface area contributed by atoms with E-state index in [9.17, 15) is 4.79 Å². The summed E-state index contributed by atoms with van der Waals surface area (Å²) in [5.41, 5.74) is 0.625. The molecule has 2 aliphatic heterocycles. The molecule has 30 heavy (non-hydrogen) atoms.